The van der Waals surface area contributed by atoms with Crippen molar-refractivity contribution in [2.45, 2.75) is 44.6 Å². The van der Waals surface area contributed by atoms with E-state index in [1.165, 1.54) is 12.8 Å². The Labute approximate surface area is 166 Å². The molecule has 1 aromatic heterocycles. The minimum atomic E-state index is 0.125. The molecule has 2 fully saturated rings. The lowest BCUT2D eigenvalue weighted by Crippen LogP contribution is -2.43. The zero-order chi connectivity index (χ0) is 19.3. The predicted molar refractivity (Wildman–Crippen MR) is 109 cm³/mol. The number of benzene rings is 1. The molecule has 0 spiro atoms. The SMILES string of the molecule is COc1ccc(-c2cc(N3CCC(C(=O)NC4CCCC4)CC3)ncn2)cc1. The van der Waals surface area contributed by atoms with Crippen LogP contribution in [0.5, 0.6) is 5.75 Å². The quantitative estimate of drug-likeness (QED) is 0.861. The highest BCUT2D eigenvalue weighted by atomic mass is 16.5. The van der Waals surface area contributed by atoms with E-state index in [1.807, 2.05) is 30.3 Å². The molecule has 6 nitrogen and oxygen atoms in total. The highest BCUT2D eigenvalue weighted by Crippen LogP contribution is 2.27. The van der Waals surface area contributed by atoms with Gasteiger partial charge in [0.1, 0.15) is 17.9 Å². The number of rotatable bonds is 5. The van der Waals surface area contributed by atoms with E-state index in [0.717, 1.165) is 61.6 Å². The molecule has 0 bridgehead atoms. The van der Waals surface area contributed by atoms with Gasteiger partial charge < -0.3 is 15.0 Å². The molecule has 0 atom stereocenters. The van der Waals surface area contributed by atoms with E-state index in [-0.39, 0.29) is 11.8 Å². The van der Waals surface area contributed by atoms with Gasteiger partial charge in [0.05, 0.1) is 12.8 Å². The number of nitrogens with zero attached hydrogens (tertiary/aromatic N) is 3. The highest BCUT2D eigenvalue weighted by molar-refractivity contribution is 5.79. The van der Waals surface area contributed by atoms with Crippen LogP contribution in [-0.4, -0.2) is 42.1 Å². The molecule has 0 radical (unpaired) electrons. The van der Waals surface area contributed by atoms with E-state index in [2.05, 4.69) is 20.2 Å². The van der Waals surface area contributed by atoms with Crippen LogP contribution >= 0.6 is 0 Å². The molecule has 1 aromatic carbocycles. The van der Waals surface area contributed by atoms with Crippen molar-refractivity contribution < 1.29 is 9.53 Å². The van der Waals surface area contributed by atoms with Gasteiger partial charge in [-0.1, -0.05) is 12.8 Å². The summed E-state index contributed by atoms with van der Waals surface area (Å²) in [6, 6.07) is 10.3. The van der Waals surface area contributed by atoms with E-state index in [4.69, 9.17) is 4.74 Å². The molecule has 6 heteroatoms. The summed E-state index contributed by atoms with van der Waals surface area (Å²) in [6.45, 7) is 1.70. The lowest BCUT2D eigenvalue weighted by molar-refractivity contribution is -0.126. The molecule has 2 aromatic rings. The van der Waals surface area contributed by atoms with Crippen molar-refractivity contribution in [2.24, 2.45) is 5.92 Å². The van der Waals surface area contributed by atoms with Crippen LogP contribution in [0, 0.1) is 5.92 Å². The van der Waals surface area contributed by atoms with Gasteiger partial charge >= 0.3 is 0 Å². The molecule has 1 aliphatic carbocycles. The topological polar surface area (TPSA) is 67.3 Å². The third kappa shape index (κ3) is 4.26. The van der Waals surface area contributed by atoms with Gasteiger partial charge in [-0.05, 0) is 49.9 Å². The Bertz CT molecular complexity index is 794. The van der Waals surface area contributed by atoms with E-state index in [1.54, 1.807) is 13.4 Å². The van der Waals surface area contributed by atoms with Gasteiger partial charge in [0.25, 0.3) is 0 Å². The third-order valence-electron chi connectivity index (χ3n) is 5.93. The molecule has 148 valence electrons. The summed E-state index contributed by atoms with van der Waals surface area (Å²) in [6.07, 6.45) is 8.13. The molecule has 1 saturated carbocycles. The Hall–Kier alpha value is -2.63. The molecule has 2 heterocycles. The van der Waals surface area contributed by atoms with Gasteiger partial charge in [-0.2, -0.15) is 0 Å². The zero-order valence-electron chi connectivity index (χ0n) is 16.4. The molecule has 1 aliphatic heterocycles. The van der Waals surface area contributed by atoms with Crippen molar-refractivity contribution in [3.8, 4) is 17.0 Å². The Kier molecular flexibility index (Phi) is 5.74. The average molecular weight is 380 g/mol. The lowest BCUT2D eigenvalue weighted by atomic mass is 9.95. The van der Waals surface area contributed by atoms with Crippen molar-refractivity contribution in [1.29, 1.82) is 0 Å². The highest BCUT2D eigenvalue weighted by Gasteiger charge is 2.28. The van der Waals surface area contributed by atoms with Gasteiger partial charge in [-0.3, -0.25) is 4.79 Å². The number of ether oxygens (including phenoxy) is 1. The molecular weight excluding hydrogens is 352 g/mol. The smallest absolute Gasteiger partial charge is 0.223 e. The summed E-state index contributed by atoms with van der Waals surface area (Å²) < 4.78 is 5.22. The summed E-state index contributed by atoms with van der Waals surface area (Å²) in [5.74, 6) is 2.12. The minimum absolute atomic E-state index is 0.125. The second-order valence-corrected chi connectivity index (χ2v) is 7.74. The number of anilines is 1. The maximum absolute atomic E-state index is 12.5. The van der Waals surface area contributed by atoms with E-state index in [9.17, 15) is 4.79 Å². The second kappa shape index (κ2) is 8.59. The maximum Gasteiger partial charge on any atom is 0.223 e. The zero-order valence-corrected chi connectivity index (χ0v) is 16.4. The number of carbonyl (C=O) groups excluding carboxylic acids is 1. The molecule has 2 aliphatic rings. The van der Waals surface area contributed by atoms with Crippen LogP contribution in [0.4, 0.5) is 5.82 Å². The van der Waals surface area contributed by atoms with Crippen molar-refractivity contribution in [2.75, 3.05) is 25.1 Å². The minimum Gasteiger partial charge on any atom is -0.497 e. The first kappa shape index (κ1) is 18.7. The Balaban J connectivity index is 1.37. The number of methoxy groups -OCH3 is 1. The van der Waals surface area contributed by atoms with Crippen molar-refractivity contribution in [3.05, 3.63) is 36.7 Å². The van der Waals surface area contributed by atoms with Crippen LogP contribution in [-0.2, 0) is 4.79 Å². The lowest BCUT2D eigenvalue weighted by Gasteiger charge is -2.32. The second-order valence-electron chi connectivity index (χ2n) is 7.74. The fraction of sp³-hybridized carbons (Fsp3) is 0.500. The van der Waals surface area contributed by atoms with Crippen LogP contribution in [0.25, 0.3) is 11.3 Å². The number of aromatic nitrogens is 2. The number of carbonyl (C=O) groups is 1. The Morgan fingerprint density at radius 3 is 2.46 bits per heavy atom. The molecule has 28 heavy (non-hydrogen) atoms. The largest absolute Gasteiger partial charge is 0.497 e. The molecule has 4 rings (SSSR count). The van der Waals surface area contributed by atoms with Crippen LogP contribution in [0.1, 0.15) is 38.5 Å². The molecule has 0 unspecified atom stereocenters. The van der Waals surface area contributed by atoms with Crippen molar-refractivity contribution >= 4 is 11.7 Å². The fourth-order valence-corrected chi connectivity index (χ4v) is 4.20. The van der Waals surface area contributed by atoms with Crippen LogP contribution in [0.15, 0.2) is 36.7 Å². The van der Waals surface area contributed by atoms with Gasteiger partial charge in [0, 0.05) is 36.7 Å². The summed E-state index contributed by atoms with van der Waals surface area (Å²) in [4.78, 5) is 23.7. The van der Waals surface area contributed by atoms with Gasteiger partial charge in [0.15, 0.2) is 0 Å². The van der Waals surface area contributed by atoms with E-state index in [0.29, 0.717) is 6.04 Å². The number of hydrogen-bond donors (Lipinski definition) is 1. The first-order valence-corrected chi connectivity index (χ1v) is 10.2. The van der Waals surface area contributed by atoms with Gasteiger partial charge in [-0.15, -0.1) is 0 Å². The normalized spacial score (nSPS) is 18.2. The Morgan fingerprint density at radius 2 is 1.79 bits per heavy atom. The Morgan fingerprint density at radius 1 is 1.07 bits per heavy atom. The van der Waals surface area contributed by atoms with Gasteiger partial charge in [-0.25, -0.2) is 9.97 Å². The fourth-order valence-electron chi connectivity index (χ4n) is 4.20. The van der Waals surface area contributed by atoms with Crippen LogP contribution in [0.3, 0.4) is 0 Å². The third-order valence-corrected chi connectivity index (χ3v) is 5.93. The summed E-state index contributed by atoms with van der Waals surface area (Å²) >= 11 is 0. The molecule has 1 saturated heterocycles. The first-order chi connectivity index (χ1) is 13.7. The van der Waals surface area contributed by atoms with Crippen LogP contribution in [0.2, 0.25) is 0 Å². The molecule has 1 N–H and O–H groups in total. The van der Waals surface area contributed by atoms with Gasteiger partial charge in [0.2, 0.25) is 5.91 Å². The first-order valence-electron chi connectivity index (χ1n) is 10.2. The maximum atomic E-state index is 12.5. The summed E-state index contributed by atoms with van der Waals surface area (Å²) in [5, 5.41) is 3.25. The van der Waals surface area contributed by atoms with Crippen molar-refractivity contribution in [1.82, 2.24) is 15.3 Å². The number of nitrogens with one attached hydrogen (secondary N) is 1. The number of amides is 1. The average Bonchev–Trinajstić information content (AvgIpc) is 3.27. The summed E-state index contributed by atoms with van der Waals surface area (Å²) in [5.41, 5.74) is 1.93. The molecule has 1 amide bonds. The molecular formula is C22H28N4O2. The van der Waals surface area contributed by atoms with Crippen molar-refractivity contribution in [3.63, 3.8) is 0 Å². The van der Waals surface area contributed by atoms with E-state index < -0.39 is 0 Å². The predicted octanol–water partition coefficient (Wildman–Crippen LogP) is 3.43. The standard InChI is InChI=1S/C22H28N4O2/c1-28-19-8-6-16(7-9-19)20-14-21(24-15-23-20)26-12-10-17(11-13-26)22(27)25-18-4-2-3-5-18/h6-9,14-15,17-18H,2-5,10-13H2,1H3,(H,25,27). The number of piperidine rings is 1. The monoisotopic (exact) mass is 380 g/mol. The summed E-state index contributed by atoms with van der Waals surface area (Å²) in [7, 11) is 1.66. The van der Waals surface area contributed by atoms with Crippen LogP contribution < -0.4 is 15.0 Å². The number of hydrogen-bond acceptors (Lipinski definition) is 5. The van der Waals surface area contributed by atoms with E-state index >= 15 is 0 Å².